The average Bonchev–Trinajstić information content (AvgIpc) is 2.36. The molecule has 0 bridgehead atoms. The average molecular weight is 435 g/mol. The zero-order valence-electron chi connectivity index (χ0n) is 11.0. The van der Waals surface area contributed by atoms with Gasteiger partial charge in [0.05, 0.1) is 6.04 Å². The van der Waals surface area contributed by atoms with Crippen LogP contribution in [0.2, 0.25) is 0 Å². The van der Waals surface area contributed by atoms with Crippen LogP contribution in [-0.2, 0) is 0 Å². The largest absolute Gasteiger partial charge is 0.271 e. The van der Waals surface area contributed by atoms with E-state index in [2.05, 4.69) is 68.2 Å². The molecule has 0 radical (unpaired) electrons. The second-order valence-electron chi connectivity index (χ2n) is 5.00. The van der Waals surface area contributed by atoms with Crippen molar-refractivity contribution >= 4 is 38.5 Å². The standard InChI is InChI=1S/C15H20BrIN2/c16-14-9-8-12(17)10-13(14)15(19-18)11-6-4-2-1-3-5-7-11/h6,8-10,15,19H,1-5,7,18H2/b11-6+. The van der Waals surface area contributed by atoms with Crippen LogP contribution in [0, 0.1) is 3.57 Å². The first kappa shape index (κ1) is 15.5. The molecule has 0 aliphatic heterocycles. The lowest BCUT2D eigenvalue weighted by atomic mass is 9.91. The normalized spacial score (nSPS) is 21.1. The minimum atomic E-state index is 0.127. The quantitative estimate of drug-likeness (QED) is 0.309. The first-order valence-corrected chi connectivity index (χ1v) is 8.69. The van der Waals surface area contributed by atoms with E-state index >= 15 is 0 Å². The topological polar surface area (TPSA) is 38.0 Å². The Morgan fingerprint density at radius 2 is 2.00 bits per heavy atom. The lowest BCUT2D eigenvalue weighted by Crippen LogP contribution is -2.30. The van der Waals surface area contributed by atoms with Gasteiger partial charge < -0.3 is 0 Å². The molecule has 4 heteroatoms. The lowest BCUT2D eigenvalue weighted by molar-refractivity contribution is 0.554. The third-order valence-electron chi connectivity index (χ3n) is 3.63. The van der Waals surface area contributed by atoms with Crippen molar-refractivity contribution in [1.82, 2.24) is 5.43 Å². The molecular formula is C15H20BrIN2. The summed E-state index contributed by atoms with van der Waals surface area (Å²) in [6.45, 7) is 0. The molecule has 19 heavy (non-hydrogen) atoms. The molecule has 0 heterocycles. The van der Waals surface area contributed by atoms with Gasteiger partial charge in [-0.25, -0.2) is 5.43 Å². The summed E-state index contributed by atoms with van der Waals surface area (Å²) < 4.78 is 2.36. The van der Waals surface area contributed by atoms with Crippen LogP contribution in [0.25, 0.3) is 0 Å². The minimum absolute atomic E-state index is 0.127. The zero-order chi connectivity index (χ0) is 13.7. The van der Waals surface area contributed by atoms with Crippen molar-refractivity contribution in [2.24, 2.45) is 5.84 Å². The molecule has 0 aromatic heterocycles. The molecule has 3 N–H and O–H groups in total. The van der Waals surface area contributed by atoms with Crippen LogP contribution in [0.15, 0.2) is 34.3 Å². The smallest absolute Gasteiger partial charge is 0.0681 e. The highest BCUT2D eigenvalue weighted by Gasteiger charge is 2.18. The predicted molar refractivity (Wildman–Crippen MR) is 92.7 cm³/mol. The molecule has 2 nitrogen and oxygen atoms in total. The molecule has 104 valence electrons. The van der Waals surface area contributed by atoms with Gasteiger partial charge in [-0.15, -0.1) is 0 Å². The monoisotopic (exact) mass is 434 g/mol. The maximum absolute atomic E-state index is 5.83. The maximum Gasteiger partial charge on any atom is 0.0681 e. The third kappa shape index (κ3) is 4.28. The number of rotatable bonds is 3. The Morgan fingerprint density at radius 1 is 1.21 bits per heavy atom. The van der Waals surface area contributed by atoms with Gasteiger partial charge in [-0.05, 0) is 72.0 Å². The summed E-state index contributed by atoms with van der Waals surface area (Å²) in [5, 5.41) is 0. The maximum atomic E-state index is 5.83. The van der Waals surface area contributed by atoms with Crippen LogP contribution in [0.4, 0.5) is 0 Å². The van der Waals surface area contributed by atoms with Crippen molar-refractivity contribution in [2.75, 3.05) is 0 Å². The Kier molecular flexibility index (Phi) is 6.32. The van der Waals surface area contributed by atoms with E-state index in [9.17, 15) is 0 Å². The number of hydrogen-bond donors (Lipinski definition) is 2. The SMILES string of the molecule is NNC(/C1=C/CCCCCC1)c1cc(I)ccc1Br. The molecule has 0 spiro atoms. The number of nitrogens with two attached hydrogens (primary N) is 1. The van der Waals surface area contributed by atoms with Gasteiger partial charge in [0.25, 0.3) is 0 Å². The number of hydrogen-bond acceptors (Lipinski definition) is 2. The summed E-state index contributed by atoms with van der Waals surface area (Å²) in [6.07, 6.45) is 9.97. The summed E-state index contributed by atoms with van der Waals surface area (Å²) in [7, 11) is 0. The second kappa shape index (κ2) is 7.76. The second-order valence-corrected chi connectivity index (χ2v) is 7.10. The number of benzene rings is 1. The van der Waals surface area contributed by atoms with Crippen LogP contribution in [-0.4, -0.2) is 0 Å². The molecule has 1 aliphatic carbocycles. The van der Waals surface area contributed by atoms with Gasteiger partial charge >= 0.3 is 0 Å². The molecule has 0 saturated carbocycles. The van der Waals surface area contributed by atoms with E-state index in [0.717, 1.165) is 10.9 Å². The van der Waals surface area contributed by atoms with E-state index in [1.807, 2.05) is 0 Å². The van der Waals surface area contributed by atoms with Crippen molar-refractivity contribution in [3.8, 4) is 0 Å². The van der Waals surface area contributed by atoms with Crippen LogP contribution < -0.4 is 11.3 Å². The van der Waals surface area contributed by atoms with Gasteiger partial charge in [-0.1, -0.05) is 40.4 Å². The van der Waals surface area contributed by atoms with E-state index in [4.69, 9.17) is 5.84 Å². The van der Waals surface area contributed by atoms with E-state index in [0.29, 0.717) is 0 Å². The van der Waals surface area contributed by atoms with Crippen LogP contribution in [0.5, 0.6) is 0 Å². The van der Waals surface area contributed by atoms with E-state index in [1.54, 1.807) is 0 Å². The Labute approximate surface area is 137 Å². The Balaban J connectivity index is 2.29. The van der Waals surface area contributed by atoms with Crippen molar-refractivity contribution in [3.05, 3.63) is 43.5 Å². The zero-order valence-corrected chi connectivity index (χ0v) is 14.7. The molecule has 2 rings (SSSR count). The number of hydrazine groups is 1. The number of allylic oxidation sites excluding steroid dienone is 1. The number of halogens is 2. The highest BCUT2D eigenvalue weighted by Crippen LogP contribution is 2.33. The molecule has 1 aliphatic rings. The molecule has 0 fully saturated rings. The van der Waals surface area contributed by atoms with Crippen LogP contribution >= 0.6 is 38.5 Å². The van der Waals surface area contributed by atoms with Crippen molar-refractivity contribution in [3.63, 3.8) is 0 Å². The molecule has 1 atom stereocenters. The fourth-order valence-electron chi connectivity index (χ4n) is 2.61. The van der Waals surface area contributed by atoms with E-state index in [1.165, 1.54) is 46.8 Å². The van der Waals surface area contributed by atoms with Crippen LogP contribution in [0.1, 0.15) is 50.1 Å². The molecule has 1 aromatic carbocycles. The van der Waals surface area contributed by atoms with Gasteiger partial charge in [-0.3, -0.25) is 5.84 Å². The van der Waals surface area contributed by atoms with Crippen LogP contribution in [0.3, 0.4) is 0 Å². The first-order valence-electron chi connectivity index (χ1n) is 6.82. The van der Waals surface area contributed by atoms with Gasteiger partial charge in [-0.2, -0.15) is 0 Å². The van der Waals surface area contributed by atoms with Crippen molar-refractivity contribution in [2.45, 2.75) is 44.6 Å². The van der Waals surface area contributed by atoms with Crippen molar-refractivity contribution in [1.29, 1.82) is 0 Å². The summed E-state index contributed by atoms with van der Waals surface area (Å²) in [5.41, 5.74) is 5.68. The molecule has 1 unspecified atom stereocenters. The number of nitrogens with one attached hydrogen (secondary N) is 1. The first-order chi connectivity index (χ1) is 9.22. The summed E-state index contributed by atoms with van der Waals surface area (Å²) in [6, 6.07) is 6.54. The molecule has 0 saturated heterocycles. The van der Waals surface area contributed by atoms with Gasteiger partial charge in [0, 0.05) is 8.04 Å². The van der Waals surface area contributed by atoms with Gasteiger partial charge in [0.2, 0.25) is 0 Å². The predicted octanol–water partition coefficient (Wildman–Crippen LogP) is 4.84. The highest BCUT2D eigenvalue weighted by atomic mass is 127. The van der Waals surface area contributed by atoms with Crippen molar-refractivity contribution < 1.29 is 0 Å². The minimum Gasteiger partial charge on any atom is -0.271 e. The van der Waals surface area contributed by atoms with Gasteiger partial charge in [0.1, 0.15) is 0 Å². The van der Waals surface area contributed by atoms with Gasteiger partial charge in [0.15, 0.2) is 0 Å². The Bertz CT molecular complexity index is 459. The van der Waals surface area contributed by atoms with E-state index in [-0.39, 0.29) is 6.04 Å². The highest BCUT2D eigenvalue weighted by molar-refractivity contribution is 14.1. The Hall–Kier alpha value is 0.0900. The Morgan fingerprint density at radius 3 is 2.79 bits per heavy atom. The fourth-order valence-corrected chi connectivity index (χ4v) is 3.60. The third-order valence-corrected chi connectivity index (χ3v) is 5.03. The fraction of sp³-hybridized carbons (Fsp3) is 0.467. The molecule has 1 aromatic rings. The molecular weight excluding hydrogens is 415 g/mol. The lowest BCUT2D eigenvalue weighted by Gasteiger charge is -2.23. The summed E-state index contributed by atoms with van der Waals surface area (Å²) in [4.78, 5) is 0. The molecule has 0 amide bonds. The van der Waals surface area contributed by atoms with E-state index < -0.39 is 0 Å². The summed E-state index contributed by atoms with van der Waals surface area (Å²) >= 11 is 5.99. The summed E-state index contributed by atoms with van der Waals surface area (Å²) in [5.74, 6) is 5.83.